The van der Waals surface area contributed by atoms with Crippen LogP contribution in [0.1, 0.15) is 11.3 Å². The summed E-state index contributed by atoms with van der Waals surface area (Å²) in [6.07, 6.45) is 0.669. The number of fused-ring (bicyclic) bond motifs is 1. The molecule has 0 aliphatic carbocycles. The second kappa shape index (κ2) is 4.81. The van der Waals surface area contributed by atoms with E-state index < -0.39 is 0 Å². The van der Waals surface area contributed by atoms with Crippen LogP contribution in [0.2, 0.25) is 0 Å². The molecule has 0 amide bonds. The normalized spacial score (nSPS) is 10.6. The molecule has 0 saturated heterocycles. The Bertz CT molecular complexity index is 490. The Morgan fingerprint density at radius 1 is 1.38 bits per heavy atom. The van der Waals surface area contributed by atoms with Crippen LogP contribution in [0.15, 0.2) is 24.3 Å². The van der Waals surface area contributed by atoms with Crippen LogP contribution in [0.5, 0.6) is 0 Å². The quantitative estimate of drug-likeness (QED) is 0.589. The number of aromatic nitrogens is 1. The Morgan fingerprint density at radius 2 is 2.25 bits per heavy atom. The zero-order valence-corrected chi connectivity index (χ0v) is 8.77. The molecule has 0 aliphatic heterocycles. The number of aliphatic hydroxyl groups excluding tert-OH is 1. The van der Waals surface area contributed by atoms with Crippen LogP contribution >= 0.6 is 0 Å². The van der Waals surface area contributed by atoms with Gasteiger partial charge in [-0.15, -0.1) is 0 Å². The minimum Gasteiger partial charge on any atom is -0.467 e. The molecule has 0 saturated carbocycles. The zero-order chi connectivity index (χ0) is 11.4. The fraction of sp³-hybridized carbons (Fsp3) is 0.250. The number of H-pyrrole nitrogens is 1. The van der Waals surface area contributed by atoms with Crippen molar-refractivity contribution < 1.29 is 14.6 Å². The third-order valence-corrected chi connectivity index (χ3v) is 2.48. The molecule has 0 fully saturated rings. The molecule has 0 bridgehead atoms. The summed E-state index contributed by atoms with van der Waals surface area (Å²) in [7, 11) is 0. The fourth-order valence-electron chi connectivity index (χ4n) is 1.69. The van der Waals surface area contributed by atoms with Gasteiger partial charge in [0.1, 0.15) is 0 Å². The highest BCUT2D eigenvalue weighted by Crippen LogP contribution is 2.17. The average Bonchev–Trinajstić information content (AvgIpc) is 2.70. The number of carbonyl (C=O) groups is 1. The second-order valence-corrected chi connectivity index (χ2v) is 3.59. The first-order valence-corrected chi connectivity index (χ1v) is 5.10. The molecule has 0 unspecified atom stereocenters. The highest BCUT2D eigenvalue weighted by atomic mass is 16.5. The van der Waals surface area contributed by atoms with Crippen LogP contribution in [0.3, 0.4) is 0 Å². The summed E-state index contributed by atoms with van der Waals surface area (Å²) in [6, 6.07) is 7.76. The van der Waals surface area contributed by atoms with Crippen molar-refractivity contribution >= 4 is 17.4 Å². The number of carbonyl (C=O) groups excluding carboxylic acids is 1. The summed E-state index contributed by atoms with van der Waals surface area (Å²) in [5.74, 6) is 0. The Labute approximate surface area is 92.9 Å². The SMILES string of the molecule is O=COCCc1cc2cc(CO)ccc2[nH]1. The number of aliphatic hydroxyl groups is 1. The van der Waals surface area contributed by atoms with Crippen molar-refractivity contribution in [2.75, 3.05) is 6.61 Å². The van der Waals surface area contributed by atoms with Crippen molar-refractivity contribution in [1.82, 2.24) is 4.98 Å². The smallest absolute Gasteiger partial charge is 0.293 e. The molecule has 0 atom stereocenters. The second-order valence-electron chi connectivity index (χ2n) is 3.59. The van der Waals surface area contributed by atoms with Gasteiger partial charge in [-0.3, -0.25) is 4.79 Å². The van der Waals surface area contributed by atoms with Crippen LogP contribution in [0.25, 0.3) is 10.9 Å². The first-order chi connectivity index (χ1) is 7.83. The van der Waals surface area contributed by atoms with E-state index in [-0.39, 0.29) is 6.61 Å². The van der Waals surface area contributed by atoms with Gasteiger partial charge in [0.2, 0.25) is 0 Å². The van der Waals surface area contributed by atoms with Gasteiger partial charge in [-0.05, 0) is 29.1 Å². The predicted octanol–water partition coefficient (Wildman–Crippen LogP) is 1.38. The lowest BCUT2D eigenvalue weighted by Crippen LogP contribution is -1.96. The van der Waals surface area contributed by atoms with Crippen molar-refractivity contribution in [1.29, 1.82) is 0 Å². The third-order valence-electron chi connectivity index (χ3n) is 2.48. The molecular formula is C12H13NO3. The Morgan fingerprint density at radius 3 is 3.00 bits per heavy atom. The maximum Gasteiger partial charge on any atom is 0.293 e. The molecule has 1 heterocycles. The lowest BCUT2D eigenvalue weighted by molar-refractivity contribution is -0.128. The number of nitrogens with one attached hydrogen (secondary N) is 1. The van der Waals surface area contributed by atoms with E-state index in [1.165, 1.54) is 0 Å². The summed E-state index contributed by atoms with van der Waals surface area (Å²) in [5.41, 5.74) is 2.94. The van der Waals surface area contributed by atoms with Crippen molar-refractivity contribution in [3.63, 3.8) is 0 Å². The number of rotatable bonds is 5. The van der Waals surface area contributed by atoms with Gasteiger partial charge in [0.05, 0.1) is 13.2 Å². The van der Waals surface area contributed by atoms with Gasteiger partial charge < -0.3 is 14.8 Å². The van der Waals surface area contributed by atoms with E-state index in [0.29, 0.717) is 19.5 Å². The highest BCUT2D eigenvalue weighted by molar-refractivity contribution is 5.81. The first kappa shape index (κ1) is 10.7. The summed E-state index contributed by atoms with van der Waals surface area (Å²) < 4.78 is 4.64. The largest absolute Gasteiger partial charge is 0.467 e. The minimum atomic E-state index is 0.0463. The van der Waals surface area contributed by atoms with Crippen LogP contribution in [-0.2, 0) is 22.6 Å². The van der Waals surface area contributed by atoms with E-state index in [1.807, 2.05) is 24.3 Å². The van der Waals surface area contributed by atoms with E-state index in [2.05, 4.69) is 9.72 Å². The minimum absolute atomic E-state index is 0.0463. The Balaban J connectivity index is 2.19. The maximum absolute atomic E-state index is 9.99. The van der Waals surface area contributed by atoms with Crippen LogP contribution in [-0.4, -0.2) is 23.2 Å². The zero-order valence-electron chi connectivity index (χ0n) is 8.77. The van der Waals surface area contributed by atoms with Gasteiger partial charge in [0.15, 0.2) is 0 Å². The molecule has 16 heavy (non-hydrogen) atoms. The molecule has 0 aliphatic rings. The Kier molecular flexibility index (Phi) is 3.22. The van der Waals surface area contributed by atoms with Crippen LogP contribution in [0.4, 0.5) is 0 Å². The van der Waals surface area contributed by atoms with Crippen LogP contribution < -0.4 is 0 Å². The molecule has 2 rings (SSSR count). The first-order valence-electron chi connectivity index (χ1n) is 5.10. The molecule has 84 valence electrons. The summed E-state index contributed by atoms with van der Waals surface area (Å²) >= 11 is 0. The number of hydrogen-bond acceptors (Lipinski definition) is 3. The lowest BCUT2D eigenvalue weighted by Gasteiger charge is -1.95. The van der Waals surface area contributed by atoms with Gasteiger partial charge in [0, 0.05) is 17.6 Å². The average molecular weight is 219 g/mol. The number of ether oxygens (including phenoxy) is 1. The molecule has 4 nitrogen and oxygen atoms in total. The van der Waals surface area contributed by atoms with Crippen molar-refractivity contribution in [2.45, 2.75) is 13.0 Å². The van der Waals surface area contributed by atoms with E-state index in [1.54, 1.807) is 0 Å². The predicted molar refractivity (Wildman–Crippen MR) is 59.9 cm³/mol. The summed E-state index contributed by atoms with van der Waals surface area (Å²) in [5, 5.41) is 10.1. The highest BCUT2D eigenvalue weighted by Gasteiger charge is 2.01. The molecule has 2 aromatic rings. The molecule has 0 spiro atoms. The van der Waals surface area contributed by atoms with Gasteiger partial charge in [-0.2, -0.15) is 0 Å². The van der Waals surface area contributed by atoms with Crippen molar-refractivity contribution in [2.24, 2.45) is 0 Å². The molecule has 1 aromatic heterocycles. The summed E-state index contributed by atoms with van der Waals surface area (Å²) in [6.45, 7) is 0.875. The fourth-order valence-corrected chi connectivity index (χ4v) is 1.69. The number of benzene rings is 1. The lowest BCUT2D eigenvalue weighted by atomic mass is 10.1. The van der Waals surface area contributed by atoms with E-state index in [9.17, 15) is 4.79 Å². The van der Waals surface area contributed by atoms with Crippen molar-refractivity contribution in [3.8, 4) is 0 Å². The van der Waals surface area contributed by atoms with E-state index in [4.69, 9.17) is 5.11 Å². The topological polar surface area (TPSA) is 62.3 Å². The molecule has 4 heteroatoms. The van der Waals surface area contributed by atoms with Gasteiger partial charge in [-0.1, -0.05) is 6.07 Å². The number of hydrogen-bond donors (Lipinski definition) is 2. The standard InChI is InChI=1S/C12H13NO3/c14-7-9-1-2-12-10(5-9)6-11(13-12)3-4-16-8-15/h1-2,5-6,8,13-14H,3-4,7H2. The van der Waals surface area contributed by atoms with Crippen molar-refractivity contribution in [3.05, 3.63) is 35.5 Å². The maximum atomic E-state index is 9.99. The van der Waals surface area contributed by atoms with Gasteiger partial charge >= 0.3 is 0 Å². The molecular weight excluding hydrogens is 206 g/mol. The monoisotopic (exact) mass is 219 g/mol. The van der Waals surface area contributed by atoms with E-state index >= 15 is 0 Å². The van der Waals surface area contributed by atoms with Gasteiger partial charge in [-0.25, -0.2) is 0 Å². The molecule has 0 radical (unpaired) electrons. The van der Waals surface area contributed by atoms with E-state index in [0.717, 1.165) is 22.2 Å². The summed E-state index contributed by atoms with van der Waals surface area (Å²) in [4.78, 5) is 13.2. The Hall–Kier alpha value is -1.81. The third kappa shape index (κ3) is 2.23. The number of aromatic amines is 1. The van der Waals surface area contributed by atoms with Crippen LogP contribution in [0, 0.1) is 0 Å². The van der Waals surface area contributed by atoms with Gasteiger partial charge in [0.25, 0.3) is 6.47 Å². The molecule has 2 N–H and O–H groups in total. The molecule has 1 aromatic carbocycles.